The Bertz CT molecular complexity index is 569. The second kappa shape index (κ2) is 4.42. The van der Waals surface area contributed by atoms with Crippen LogP contribution < -0.4 is 5.73 Å². The number of nitrogens with zero attached hydrogens (tertiary/aromatic N) is 3. The molecule has 7 nitrogen and oxygen atoms in total. The molecule has 2 rings (SSSR count). The van der Waals surface area contributed by atoms with Crippen LogP contribution in [0.25, 0.3) is 0 Å². The van der Waals surface area contributed by atoms with Crippen LogP contribution in [-0.4, -0.2) is 15.1 Å². The Morgan fingerprint density at radius 3 is 2.76 bits per heavy atom. The summed E-state index contributed by atoms with van der Waals surface area (Å²) >= 11 is 1.17. The number of nitrogen functional groups attached to an aromatic ring is 1. The van der Waals surface area contributed by atoms with E-state index in [0.29, 0.717) is 21.7 Å². The molecule has 8 heteroatoms. The first-order valence-electron chi connectivity index (χ1n) is 4.58. The Kier molecular flexibility index (Phi) is 2.96. The molecule has 0 atom stereocenters. The summed E-state index contributed by atoms with van der Waals surface area (Å²) in [5, 5.41) is 18.3. The van der Waals surface area contributed by atoms with Crippen LogP contribution in [0.15, 0.2) is 32.7 Å². The molecular formula is C9H8N4O3S. The van der Waals surface area contributed by atoms with Gasteiger partial charge in [-0.1, -0.05) is 0 Å². The third-order valence-corrected chi connectivity index (χ3v) is 2.84. The number of hydrogen-bond donors (Lipinski definition) is 1. The minimum absolute atomic E-state index is 0.0476. The van der Waals surface area contributed by atoms with Crippen molar-refractivity contribution in [2.75, 3.05) is 5.73 Å². The van der Waals surface area contributed by atoms with Gasteiger partial charge >= 0.3 is 0 Å². The lowest BCUT2D eigenvalue weighted by molar-refractivity contribution is -0.384. The van der Waals surface area contributed by atoms with E-state index >= 15 is 0 Å². The summed E-state index contributed by atoms with van der Waals surface area (Å²) in [5.41, 5.74) is 5.96. The number of rotatable bonds is 3. The molecule has 0 bridgehead atoms. The summed E-state index contributed by atoms with van der Waals surface area (Å²) < 4.78 is 5.17. The van der Waals surface area contributed by atoms with Crippen molar-refractivity contribution in [2.45, 2.75) is 17.0 Å². The van der Waals surface area contributed by atoms with Crippen LogP contribution in [0.5, 0.6) is 0 Å². The number of aromatic nitrogens is 2. The van der Waals surface area contributed by atoms with Gasteiger partial charge in [-0.3, -0.25) is 10.1 Å². The zero-order chi connectivity index (χ0) is 12.4. The molecule has 2 aromatic rings. The van der Waals surface area contributed by atoms with Gasteiger partial charge in [-0.15, -0.1) is 10.2 Å². The largest absolute Gasteiger partial charge is 0.416 e. The maximum Gasteiger partial charge on any atom is 0.281 e. The summed E-state index contributed by atoms with van der Waals surface area (Å²) in [6.45, 7) is 1.68. The minimum Gasteiger partial charge on any atom is -0.416 e. The molecule has 0 unspecified atom stereocenters. The predicted molar refractivity (Wildman–Crippen MR) is 60.7 cm³/mol. The number of aryl methyl sites for hydroxylation is 1. The molecule has 17 heavy (non-hydrogen) atoms. The van der Waals surface area contributed by atoms with Crippen LogP contribution in [0, 0.1) is 17.0 Å². The Labute approximate surface area is 100 Å². The molecule has 1 aromatic carbocycles. The Balaban J connectivity index is 2.25. The smallest absolute Gasteiger partial charge is 0.281 e. The van der Waals surface area contributed by atoms with Gasteiger partial charge in [0, 0.05) is 24.0 Å². The lowest BCUT2D eigenvalue weighted by Gasteiger charge is -2.01. The monoisotopic (exact) mass is 252 g/mol. The van der Waals surface area contributed by atoms with Gasteiger partial charge in [-0.2, -0.15) is 0 Å². The van der Waals surface area contributed by atoms with E-state index in [1.807, 2.05) is 0 Å². The fourth-order valence-electron chi connectivity index (χ4n) is 1.16. The molecule has 0 radical (unpaired) electrons. The molecule has 2 N–H and O–H groups in total. The van der Waals surface area contributed by atoms with Gasteiger partial charge in [-0.25, -0.2) is 0 Å². The van der Waals surface area contributed by atoms with E-state index in [9.17, 15) is 10.1 Å². The molecule has 0 fully saturated rings. The topological polar surface area (TPSA) is 108 Å². The minimum atomic E-state index is -0.498. The van der Waals surface area contributed by atoms with Gasteiger partial charge in [0.05, 0.1) is 10.6 Å². The lowest BCUT2D eigenvalue weighted by Crippen LogP contribution is -1.93. The molecule has 88 valence electrons. The van der Waals surface area contributed by atoms with Gasteiger partial charge in [0.1, 0.15) is 0 Å². The average Bonchev–Trinajstić information content (AvgIpc) is 2.67. The van der Waals surface area contributed by atoms with Gasteiger partial charge in [0.25, 0.3) is 10.9 Å². The van der Waals surface area contributed by atoms with Gasteiger partial charge in [0.15, 0.2) is 0 Å². The van der Waals surface area contributed by atoms with E-state index in [-0.39, 0.29) is 5.69 Å². The van der Waals surface area contributed by atoms with Crippen LogP contribution in [0.1, 0.15) is 5.89 Å². The van der Waals surface area contributed by atoms with Crippen LogP contribution >= 0.6 is 11.8 Å². The molecular weight excluding hydrogens is 244 g/mol. The quantitative estimate of drug-likeness (QED) is 0.505. The third-order valence-electron chi connectivity index (χ3n) is 1.91. The number of nitrogens with two attached hydrogens (primary N) is 1. The number of nitro groups is 1. The first kappa shape index (κ1) is 11.4. The summed E-state index contributed by atoms with van der Waals surface area (Å²) in [5.74, 6) is 0.452. The van der Waals surface area contributed by atoms with Crippen LogP contribution in [0.2, 0.25) is 0 Å². The van der Waals surface area contributed by atoms with E-state index in [1.54, 1.807) is 13.0 Å². The van der Waals surface area contributed by atoms with Crippen molar-refractivity contribution in [3.63, 3.8) is 0 Å². The molecule has 1 aromatic heterocycles. The highest BCUT2D eigenvalue weighted by Gasteiger charge is 2.12. The van der Waals surface area contributed by atoms with Crippen molar-refractivity contribution >= 4 is 23.1 Å². The van der Waals surface area contributed by atoms with Crippen molar-refractivity contribution in [1.29, 1.82) is 0 Å². The Morgan fingerprint density at radius 2 is 2.24 bits per heavy atom. The van der Waals surface area contributed by atoms with Crippen molar-refractivity contribution in [2.24, 2.45) is 0 Å². The molecule has 0 aliphatic carbocycles. The van der Waals surface area contributed by atoms with Crippen molar-refractivity contribution in [3.05, 3.63) is 34.2 Å². The first-order chi connectivity index (χ1) is 8.06. The SMILES string of the molecule is Cc1nnc(Sc2ccc([N+](=O)[O-])cc2N)o1. The van der Waals surface area contributed by atoms with E-state index in [0.717, 1.165) is 0 Å². The van der Waals surface area contributed by atoms with E-state index < -0.39 is 4.92 Å². The normalized spacial score (nSPS) is 10.4. The molecule has 0 saturated carbocycles. The molecule has 0 aliphatic rings. The van der Waals surface area contributed by atoms with E-state index in [2.05, 4.69) is 10.2 Å². The number of non-ortho nitro benzene ring substituents is 1. The van der Waals surface area contributed by atoms with Gasteiger partial charge in [-0.05, 0) is 17.8 Å². The zero-order valence-corrected chi connectivity index (χ0v) is 9.60. The highest BCUT2D eigenvalue weighted by Crippen LogP contribution is 2.33. The molecule has 0 aliphatic heterocycles. The number of benzene rings is 1. The molecule has 1 heterocycles. The number of hydrogen-bond acceptors (Lipinski definition) is 7. The highest BCUT2D eigenvalue weighted by atomic mass is 32.2. The first-order valence-corrected chi connectivity index (χ1v) is 5.40. The summed E-state index contributed by atoms with van der Waals surface area (Å²) in [6, 6.07) is 4.23. The van der Waals surface area contributed by atoms with E-state index in [4.69, 9.17) is 10.2 Å². The Hall–Kier alpha value is -2.09. The number of nitro benzene ring substituents is 1. The van der Waals surface area contributed by atoms with Crippen molar-refractivity contribution < 1.29 is 9.34 Å². The van der Waals surface area contributed by atoms with E-state index in [1.165, 1.54) is 23.9 Å². The van der Waals surface area contributed by atoms with Gasteiger partial charge in [0.2, 0.25) is 5.89 Å². The standard InChI is InChI=1S/C9H8N4O3S/c1-5-11-12-9(16-5)17-8-3-2-6(13(14)15)4-7(8)10/h2-4H,10H2,1H3. The summed E-state index contributed by atoms with van der Waals surface area (Å²) in [4.78, 5) is 10.7. The maximum absolute atomic E-state index is 10.5. The lowest BCUT2D eigenvalue weighted by atomic mass is 10.3. The van der Waals surface area contributed by atoms with Crippen molar-refractivity contribution in [1.82, 2.24) is 10.2 Å². The fraction of sp³-hybridized carbons (Fsp3) is 0.111. The van der Waals surface area contributed by atoms with Crippen molar-refractivity contribution in [3.8, 4) is 0 Å². The summed E-state index contributed by atoms with van der Waals surface area (Å²) in [6.07, 6.45) is 0. The summed E-state index contributed by atoms with van der Waals surface area (Å²) in [7, 11) is 0. The second-order valence-corrected chi connectivity index (χ2v) is 4.16. The van der Waals surface area contributed by atoms with Crippen LogP contribution in [-0.2, 0) is 0 Å². The third kappa shape index (κ3) is 2.53. The van der Waals surface area contributed by atoms with Crippen LogP contribution in [0.4, 0.5) is 11.4 Å². The Morgan fingerprint density at radius 1 is 1.47 bits per heavy atom. The fourth-order valence-corrected chi connectivity index (χ4v) is 1.90. The maximum atomic E-state index is 10.5. The molecule has 0 amide bonds. The zero-order valence-electron chi connectivity index (χ0n) is 8.78. The van der Waals surface area contributed by atoms with Crippen LogP contribution in [0.3, 0.4) is 0 Å². The predicted octanol–water partition coefficient (Wildman–Crippen LogP) is 2.02. The molecule has 0 saturated heterocycles. The number of anilines is 1. The molecule has 0 spiro atoms. The van der Waals surface area contributed by atoms with Gasteiger partial charge < -0.3 is 10.2 Å². The second-order valence-electron chi connectivity index (χ2n) is 3.17. The highest BCUT2D eigenvalue weighted by molar-refractivity contribution is 7.99. The average molecular weight is 252 g/mol.